The fourth-order valence-electron chi connectivity index (χ4n) is 2.36. The number of halogens is 4. The molecule has 1 rings (SSSR count). The molecule has 0 aliphatic carbocycles. The molecule has 1 amide bonds. The van der Waals surface area contributed by atoms with Gasteiger partial charge in [-0.05, 0) is 45.4 Å². The summed E-state index contributed by atoms with van der Waals surface area (Å²) < 4.78 is 38.0. The van der Waals surface area contributed by atoms with E-state index in [-0.39, 0.29) is 29.9 Å². The number of nitrogens with zero attached hydrogens (tertiary/aromatic N) is 2. The normalized spacial score (nSPS) is 12.2. The molecule has 2 N–H and O–H groups in total. The van der Waals surface area contributed by atoms with E-state index >= 15 is 0 Å². The van der Waals surface area contributed by atoms with Gasteiger partial charge >= 0.3 is 6.18 Å². The van der Waals surface area contributed by atoms with Crippen LogP contribution >= 0.6 is 24.0 Å². The van der Waals surface area contributed by atoms with Crippen molar-refractivity contribution in [1.82, 2.24) is 15.5 Å². The smallest absolute Gasteiger partial charge is 0.357 e. The minimum absolute atomic E-state index is 0. The number of hydrogen-bond donors (Lipinski definition) is 2. The molecule has 1 aromatic carbocycles. The first kappa shape index (κ1) is 26.5. The van der Waals surface area contributed by atoms with Crippen LogP contribution in [0.3, 0.4) is 0 Å². The minimum atomic E-state index is -4.34. The molecular formula is C19H30F3IN4O. The number of benzene rings is 1. The molecule has 0 spiro atoms. The van der Waals surface area contributed by atoms with Crippen LogP contribution in [0.15, 0.2) is 29.3 Å². The Labute approximate surface area is 182 Å². The van der Waals surface area contributed by atoms with Gasteiger partial charge in [0.15, 0.2) is 5.96 Å². The van der Waals surface area contributed by atoms with E-state index in [4.69, 9.17) is 0 Å². The summed E-state index contributed by atoms with van der Waals surface area (Å²) >= 11 is 0. The highest BCUT2D eigenvalue weighted by Crippen LogP contribution is 2.29. The molecule has 0 aliphatic heterocycles. The van der Waals surface area contributed by atoms with E-state index in [1.165, 1.54) is 12.1 Å². The van der Waals surface area contributed by atoms with E-state index in [2.05, 4.69) is 15.6 Å². The quantitative estimate of drug-likeness (QED) is 0.330. The van der Waals surface area contributed by atoms with E-state index in [1.807, 2.05) is 32.6 Å². The predicted octanol–water partition coefficient (Wildman–Crippen LogP) is 3.88. The summed E-state index contributed by atoms with van der Waals surface area (Å²) in [7, 11) is 1.80. The van der Waals surface area contributed by atoms with E-state index in [0.29, 0.717) is 32.1 Å². The molecular weight excluding hydrogens is 484 g/mol. The lowest BCUT2D eigenvalue weighted by Crippen LogP contribution is -2.42. The average Bonchev–Trinajstić information content (AvgIpc) is 2.58. The molecule has 0 saturated heterocycles. The van der Waals surface area contributed by atoms with Crippen LogP contribution in [-0.2, 0) is 17.5 Å². The number of rotatable bonds is 7. The Kier molecular flexibility index (Phi) is 10.9. The highest BCUT2D eigenvalue weighted by atomic mass is 127. The molecule has 1 aromatic rings. The number of alkyl halides is 3. The Bertz CT molecular complexity index is 646. The van der Waals surface area contributed by atoms with Crippen molar-refractivity contribution in [2.24, 2.45) is 10.4 Å². The molecule has 0 saturated carbocycles. The van der Waals surface area contributed by atoms with Gasteiger partial charge in [0.25, 0.3) is 0 Å². The fraction of sp³-hybridized carbons (Fsp3) is 0.579. The lowest BCUT2D eigenvalue weighted by atomic mass is 9.92. The summed E-state index contributed by atoms with van der Waals surface area (Å²) in [6.45, 7) is 9.30. The monoisotopic (exact) mass is 514 g/mol. The van der Waals surface area contributed by atoms with Crippen LogP contribution in [0, 0.1) is 5.41 Å². The molecule has 5 nitrogen and oxygen atoms in total. The maximum atomic E-state index is 12.7. The second-order valence-corrected chi connectivity index (χ2v) is 6.96. The first-order valence-electron chi connectivity index (χ1n) is 8.95. The van der Waals surface area contributed by atoms with Gasteiger partial charge in [-0.25, -0.2) is 0 Å². The standard InChI is InChI=1S/C19H29F3N4O.HI/c1-6-23-16(27)18(3,4)13-25-17(24-7-2)26(5)12-14-8-10-15(11-9-14)19(20,21)22;/h8-11H,6-7,12-13H2,1-5H3,(H,23,27)(H,24,25);1H. The van der Waals surface area contributed by atoms with Gasteiger partial charge in [-0.2, -0.15) is 13.2 Å². The Morgan fingerprint density at radius 1 is 1.07 bits per heavy atom. The van der Waals surface area contributed by atoms with Gasteiger partial charge in [0.1, 0.15) is 0 Å². The predicted molar refractivity (Wildman–Crippen MR) is 117 cm³/mol. The van der Waals surface area contributed by atoms with Crippen LogP contribution in [0.1, 0.15) is 38.8 Å². The summed E-state index contributed by atoms with van der Waals surface area (Å²) in [4.78, 5) is 18.5. The van der Waals surface area contributed by atoms with Crippen molar-refractivity contribution >= 4 is 35.8 Å². The van der Waals surface area contributed by atoms with Crippen LogP contribution in [0.5, 0.6) is 0 Å². The van der Waals surface area contributed by atoms with Crippen molar-refractivity contribution in [1.29, 1.82) is 0 Å². The summed E-state index contributed by atoms with van der Waals surface area (Å²) in [5, 5.41) is 5.94. The molecule has 9 heteroatoms. The number of guanidine groups is 1. The van der Waals surface area contributed by atoms with Crippen molar-refractivity contribution in [2.45, 2.75) is 40.4 Å². The summed E-state index contributed by atoms with van der Waals surface area (Å²) in [6, 6.07) is 5.07. The third-order valence-electron chi connectivity index (χ3n) is 3.97. The number of aliphatic imine (C=N–C) groups is 1. The van der Waals surface area contributed by atoms with Gasteiger partial charge in [-0.3, -0.25) is 9.79 Å². The van der Waals surface area contributed by atoms with Crippen molar-refractivity contribution in [2.75, 3.05) is 26.7 Å². The molecule has 0 unspecified atom stereocenters. The van der Waals surface area contributed by atoms with Crippen molar-refractivity contribution < 1.29 is 18.0 Å². The molecule has 0 atom stereocenters. The van der Waals surface area contributed by atoms with E-state index in [0.717, 1.165) is 17.7 Å². The summed E-state index contributed by atoms with van der Waals surface area (Å²) in [5.41, 5.74) is -0.594. The van der Waals surface area contributed by atoms with Crippen LogP contribution in [0.4, 0.5) is 13.2 Å². The highest BCUT2D eigenvalue weighted by Gasteiger charge is 2.30. The van der Waals surface area contributed by atoms with Crippen LogP contribution in [-0.4, -0.2) is 43.4 Å². The first-order chi connectivity index (χ1) is 12.5. The molecule has 0 heterocycles. The van der Waals surface area contributed by atoms with Gasteiger partial charge < -0.3 is 15.5 Å². The Morgan fingerprint density at radius 3 is 2.07 bits per heavy atom. The topological polar surface area (TPSA) is 56.7 Å². The Hall–Kier alpha value is -1.52. The molecule has 28 heavy (non-hydrogen) atoms. The molecule has 160 valence electrons. The number of carbonyl (C=O) groups is 1. The van der Waals surface area contributed by atoms with E-state index < -0.39 is 17.2 Å². The van der Waals surface area contributed by atoms with Gasteiger partial charge in [0.2, 0.25) is 5.91 Å². The SMILES string of the molecule is CCNC(=O)C(C)(C)CN=C(NCC)N(C)Cc1ccc(C(F)(F)F)cc1.I. The van der Waals surface area contributed by atoms with Crippen molar-refractivity contribution in [3.05, 3.63) is 35.4 Å². The molecule has 0 fully saturated rings. The molecule has 0 aliphatic rings. The van der Waals surface area contributed by atoms with Crippen molar-refractivity contribution in [3.63, 3.8) is 0 Å². The van der Waals surface area contributed by atoms with Crippen molar-refractivity contribution in [3.8, 4) is 0 Å². The van der Waals surface area contributed by atoms with Crippen LogP contribution in [0.25, 0.3) is 0 Å². The van der Waals surface area contributed by atoms with Gasteiger partial charge in [-0.15, -0.1) is 24.0 Å². The summed E-state index contributed by atoms with van der Waals surface area (Å²) in [5.74, 6) is 0.518. The molecule has 0 bridgehead atoms. The van der Waals surface area contributed by atoms with E-state index in [1.54, 1.807) is 7.05 Å². The number of carbonyl (C=O) groups excluding carboxylic acids is 1. The average molecular weight is 514 g/mol. The Morgan fingerprint density at radius 2 is 1.61 bits per heavy atom. The largest absolute Gasteiger partial charge is 0.416 e. The maximum absolute atomic E-state index is 12.7. The maximum Gasteiger partial charge on any atom is 0.416 e. The van der Waals surface area contributed by atoms with Crippen LogP contribution < -0.4 is 10.6 Å². The summed E-state index contributed by atoms with van der Waals surface area (Å²) in [6.07, 6.45) is -4.34. The zero-order valence-corrected chi connectivity index (χ0v) is 19.3. The number of nitrogens with one attached hydrogen (secondary N) is 2. The third-order valence-corrected chi connectivity index (χ3v) is 3.97. The fourth-order valence-corrected chi connectivity index (χ4v) is 2.36. The molecule has 0 radical (unpaired) electrons. The zero-order valence-electron chi connectivity index (χ0n) is 17.0. The minimum Gasteiger partial charge on any atom is -0.357 e. The Balaban J connectivity index is 0.00000729. The highest BCUT2D eigenvalue weighted by molar-refractivity contribution is 14.0. The third kappa shape index (κ3) is 8.24. The lowest BCUT2D eigenvalue weighted by molar-refractivity contribution is -0.137. The van der Waals surface area contributed by atoms with E-state index in [9.17, 15) is 18.0 Å². The first-order valence-corrected chi connectivity index (χ1v) is 8.95. The number of amides is 1. The van der Waals surface area contributed by atoms with Gasteiger partial charge in [0, 0.05) is 26.7 Å². The van der Waals surface area contributed by atoms with Gasteiger partial charge in [0.05, 0.1) is 17.5 Å². The van der Waals surface area contributed by atoms with Crippen LogP contribution in [0.2, 0.25) is 0 Å². The zero-order chi connectivity index (χ0) is 20.7. The second-order valence-electron chi connectivity index (χ2n) is 6.96. The molecule has 0 aromatic heterocycles. The van der Waals surface area contributed by atoms with Gasteiger partial charge in [-0.1, -0.05) is 12.1 Å². The number of hydrogen-bond acceptors (Lipinski definition) is 2. The lowest BCUT2D eigenvalue weighted by Gasteiger charge is -2.25. The second kappa shape index (κ2) is 11.5.